The first-order valence-corrected chi connectivity index (χ1v) is 4.11. The van der Waals surface area contributed by atoms with Gasteiger partial charge >= 0.3 is 0 Å². The predicted molar refractivity (Wildman–Crippen MR) is 50.5 cm³/mol. The van der Waals surface area contributed by atoms with Gasteiger partial charge in [-0.1, -0.05) is 0 Å². The zero-order valence-electron chi connectivity index (χ0n) is 7.51. The molecule has 0 amide bonds. The van der Waals surface area contributed by atoms with Crippen LogP contribution in [0, 0.1) is 0 Å². The van der Waals surface area contributed by atoms with Crippen LogP contribution in [-0.2, 0) is 9.68 Å². The van der Waals surface area contributed by atoms with Crippen LogP contribution in [0.25, 0.3) is 0 Å². The molecule has 0 aliphatic carbocycles. The van der Waals surface area contributed by atoms with Crippen LogP contribution >= 0.6 is 12.2 Å². The monoisotopic (exact) mass is 201 g/mol. The summed E-state index contributed by atoms with van der Waals surface area (Å²) in [6.45, 7) is 0.640. The summed E-state index contributed by atoms with van der Waals surface area (Å²) < 4.78 is 0. The van der Waals surface area contributed by atoms with Crippen molar-refractivity contribution in [3.63, 3.8) is 0 Å². The van der Waals surface area contributed by atoms with Crippen LogP contribution in [0.15, 0.2) is 17.3 Å². The molecule has 0 aromatic heterocycles. The smallest absolute Gasteiger partial charge is 0.232 e. The van der Waals surface area contributed by atoms with E-state index in [1.807, 2.05) is 6.08 Å². The largest absolute Gasteiger partial charge is 0.298 e. The number of nitrogens with zero attached hydrogens (tertiary/aromatic N) is 3. The van der Waals surface area contributed by atoms with E-state index in [0.29, 0.717) is 6.54 Å². The van der Waals surface area contributed by atoms with Gasteiger partial charge in [0.15, 0.2) is 0 Å². The van der Waals surface area contributed by atoms with Crippen LogP contribution < -0.4 is 0 Å². The Morgan fingerprint density at radius 2 is 2.31 bits per heavy atom. The normalized spacial score (nSPS) is 22.9. The summed E-state index contributed by atoms with van der Waals surface area (Å²) in [5.74, 6) is 0. The Morgan fingerprint density at radius 1 is 1.54 bits per heavy atom. The number of isothiocyanates is 1. The molecule has 0 aromatic carbocycles. The molecule has 0 aromatic rings. The molecule has 0 saturated carbocycles. The van der Waals surface area contributed by atoms with Crippen LogP contribution in [0.4, 0.5) is 0 Å². The third kappa shape index (κ3) is 2.33. The Balaban J connectivity index is 2.79. The molecule has 0 saturated heterocycles. The second kappa shape index (κ2) is 5.06. The highest BCUT2D eigenvalue weighted by Gasteiger charge is 2.25. The molecule has 13 heavy (non-hydrogen) atoms. The van der Waals surface area contributed by atoms with Gasteiger partial charge in [0.1, 0.15) is 0 Å². The first-order valence-electron chi connectivity index (χ1n) is 3.70. The third-order valence-electron chi connectivity index (χ3n) is 1.64. The maximum absolute atomic E-state index is 5.07. The molecule has 0 N–H and O–H groups in total. The van der Waals surface area contributed by atoms with Crippen LogP contribution in [0.5, 0.6) is 0 Å². The van der Waals surface area contributed by atoms with Crippen molar-refractivity contribution in [1.29, 1.82) is 0 Å². The lowest BCUT2D eigenvalue weighted by Crippen LogP contribution is -2.46. The van der Waals surface area contributed by atoms with Gasteiger partial charge < -0.3 is 0 Å². The summed E-state index contributed by atoms with van der Waals surface area (Å²) in [4.78, 5) is 14.0. The second-order valence-corrected chi connectivity index (χ2v) is 2.46. The fourth-order valence-electron chi connectivity index (χ4n) is 1.05. The number of hydrogen-bond acceptors (Lipinski definition) is 6. The molecule has 1 aliphatic rings. The van der Waals surface area contributed by atoms with Gasteiger partial charge in [0, 0.05) is 12.7 Å². The quantitative estimate of drug-likeness (QED) is 0.494. The van der Waals surface area contributed by atoms with Crippen LogP contribution in [-0.4, -0.2) is 42.3 Å². The maximum atomic E-state index is 5.07. The van der Waals surface area contributed by atoms with E-state index in [4.69, 9.17) is 9.68 Å². The molecule has 0 bridgehead atoms. The molecule has 0 spiro atoms. The van der Waals surface area contributed by atoms with E-state index in [0.717, 1.165) is 0 Å². The summed E-state index contributed by atoms with van der Waals surface area (Å²) in [5, 5.41) is 5.43. The molecule has 6 heteroatoms. The van der Waals surface area contributed by atoms with Gasteiger partial charge in [-0.3, -0.25) is 9.68 Å². The summed E-state index contributed by atoms with van der Waals surface area (Å²) in [5.41, 5.74) is 0. The summed E-state index contributed by atoms with van der Waals surface area (Å²) in [6, 6.07) is 0. The van der Waals surface area contributed by atoms with Gasteiger partial charge in [0.05, 0.1) is 19.4 Å². The number of thiocarbonyl (C=S) groups is 1. The molecule has 0 radical (unpaired) electrons. The topological polar surface area (TPSA) is 37.3 Å². The van der Waals surface area contributed by atoms with E-state index in [1.54, 1.807) is 25.5 Å². The first kappa shape index (κ1) is 10.3. The standard InChI is InChI=1S/C7H11N3O2S/c1-11-9-4-3-5-10(12-2)7(9)8-6-13/h3-4,7H,5H2,1-2H3. The molecular weight excluding hydrogens is 190 g/mol. The summed E-state index contributed by atoms with van der Waals surface area (Å²) in [6.07, 6.45) is 3.27. The highest BCUT2D eigenvalue weighted by atomic mass is 32.1. The third-order valence-corrected chi connectivity index (χ3v) is 1.74. The van der Waals surface area contributed by atoms with Crippen molar-refractivity contribution in [2.75, 3.05) is 20.8 Å². The molecule has 1 aliphatic heterocycles. The lowest BCUT2D eigenvalue weighted by molar-refractivity contribution is -0.258. The van der Waals surface area contributed by atoms with E-state index < -0.39 is 6.29 Å². The molecule has 1 heterocycles. The Labute approximate surface area is 82.1 Å². The number of rotatable bonds is 3. The predicted octanol–water partition coefficient (Wildman–Crippen LogP) is 0.627. The van der Waals surface area contributed by atoms with Gasteiger partial charge in [-0.15, -0.1) is 5.06 Å². The minimum atomic E-state index is -0.391. The summed E-state index contributed by atoms with van der Waals surface area (Å²) in [7, 11) is 3.12. The van der Waals surface area contributed by atoms with Gasteiger partial charge in [-0.25, -0.2) is 5.06 Å². The van der Waals surface area contributed by atoms with E-state index in [9.17, 15) is 0 Å². The van der Waals surface area contributed by atoms with E-state index in [-0.39, 0.29) is 0 Å². The van der Waals surface area contributed by atoms with Crippen molar-refractivity contribution in [3.05, 3.63) is 12.3 Å². The number of hydrogen-bond donors (Lipinski definition) is 0. The van der Waals surface area contributed by atoms with Crippen LogP contribution in [0.2, 0.25) is 0 Å². The number of aliphatic imine (C=N–C) groups is 1. The van der Waals surface area contributed by atoms with Crippen molar-refractivity contribution in [1.82, 2.24) is 10.1 Å². The van der Waals surface area contributed by atoms with Gasteiger partial charge in [0.2, 0.25) is 6.29 Å². The van der Waals surface area contributed by atoms with Gasteiger partial charge in [0.25, 0.3) is 0 Å². The van der Waals surface area contributed by atoms with Crippen LogP contribution in [0.3, 0.4) is 0 Å². The van der Waals surface area contributed by atoms with Crippen molar-refractivity contribution >= 4 is 17.4 Å². The Hall–Kier alpha value is -0.780. The Bertz CT molecular complexity index is 240. The second-order valence-electron chi connectivity index (χ2n) is 2.28. The molecular formula is C7H11N3O2S. The molecule has 0 fully saturated rings. The van der Waals surface area contributed by atoms with Gasteiger partial charge in [-0.2, -0.15) is 4.99 Å². The Morgan fingerprint density at radius 3 is 2.85 bits per heavy atom. The average Bonchev–Trinajstić information content (AvgIpc) is 2.18. The highest BCUT2D eigenvalue weighted by molar-refractivity contribution is 7.78. The lowest BCUT2D eigenvalue weighted by atomic mass is 10.5. The zero-order valence-corrected chi connectivity index (χ0v) is 8.32. The van der Waals surface area contributed by atoms with Crippen LogP contribution in [0.1, 0.15) is 0 Å². The Kier molecular flexibility index (Phi) is 4.01. The molecule has 5 nitrogen and oxygen atoms in total. The van der Waals surface area contributed by atoms with E-state index >= 15 is 0 Å². The fourth-order valence-corrected chi connectivity index (χ4v) is 1.14. The minimum Gasteiger partial charge on any atom is -0.298 e. The zero-order chi connectivity index (χ0) is 9.68. The fraction of sp³-hybridized carbons (Fsp3) is 0.571. The molecule has 1 rings (SSSR count). The maximum Gasteiger partial charge on any atom is 0.232 e. The van der Waals surface area contributed by atoms with Crippen molar-refractivity contribution < 1.29 is 9.68 Å². The van der Waals surface area contributed by atoms with Gasteiger partial charge in [-0.05, 0) is 18.3 Å². The lowest BCUT2D eigenvalue weighted by Gasteiger charge is -2.34. The first-order chi connectivity index (χ1) is 6.33. The molecule has 72 valence electrons. The van der Waals surface area contributed by atoms with E-state index in [1.165, 1.54) is 5.06 Å². The van der Waals surface area contributed by atoms with E-state index in [2.05, 4.69) is 22.4 Å². The minimum absolute atomic E-state index is 0.391. The molecule has 1 unspecified atom stereocenters. The van der Waals surface area contributed by atoms with Crippen molar-refractivity contribution in [2.24, 2.45) is 4.99 Å². The van der Waals surface area contributed by atoms with Crippen molar-refractivity contribution in [2.45, 2.75) is 6.29 Å². The highest BCUT2D eigenvalue weighted by Crippen LogP contribution is 2.13. The SMILES string of the molecule is CON1C=CCN(OC)C1N=C=S. The molecule has 1 atom stereocenters. The summed E-state index contributed by atoms with van der Waals surface area (Å²) >= 11 is 4.53. The average molecular weight is 201 g/mol. The number of hydroxylamine groups is 4. The van der Waals surface area contributed by atoms with Crippen molar-refractivity contribution in [3.8, 4) is 0 Å².